The normalized spacial score (nSPS) is 20.7. The molecule has 4 rings (SSSR count). The molecule has 2 heterocycles. The number of anilines is 1. The highest BCUT2D eigenvalue weighted by Gasteiger charge is 2.34. The summed E-state index contributed by atoms with van der Waals surface area (Å²) >= 11 is 0. The molecule has 15 heteroatoms. The fraction of sp³-hybridized carbons (Fsp3) is 0.529. The summed E-state index contributed by atoms with van der Waals surface area (Å²) in [6.45, 7) is 10.5. The molecule has 1 aliphatic rings. The van der Waals surface area contributed by atoms with Gasteiger partial charge in [-0.2, -0.15) is 4.31 Å². The highest BCUT2D eigenvalue weighted by molar-refractivity contribution is 7.92. The van der Waals surface area contributed by atoms with Crippen LogP contribution in [0.15, 0.2) is 56.8 Å². The molecule has 0 radical (unpaired) electrons. The van der Waals surface area contributed by atoms with Gasteiger partial charge in [0.15, 0.2) is 5.76 Å². The number of aryl methyl sites for hydroxylation is 3. The van der Waals surface area contributed by atoms with Gasteiger partial charge >= 0.3 is 0 Å². The standard InChI is InChI=1S/C34H48N4O9S2/c1-22-11-14-29(15-12-22)48(41,42)36-28-13-16-31-30(18-28)34(40)38(24(3)21-39)19-23(2)32(45-17-9-8-10-25(4)46-31)20-37(7)49(43,44)33-26(5)35-47-27(33)6/h11-16,18,23-25,32,36,39H,8-10,17,19-21H2,1-7H3/t23-,24+,25+,32+/m1/s1. The molecule has 0 unspecified atom stereocenters. The molecule has 1 amide bonds. The number of sulfonamides is 2. The number of hydrogen-bond acceptors (Lipinski definition) is 10. The van der Waals surface area contributed by atoms with Crippen LogP contribution >= 0.6 is 0 Å². The van der Waals surface area contributed by atoms with Crippen LogP contribution in [0.1, 0.15) is 67.4 Å². The third-order valence-electron chi connectivity index (χ3n) is 8.71. The number of aromatic nitrogens is 1. The van der Waals surface area contributed by atoms with Crippen LogP contribution in [0.5, 0.6) is 5.75 Å². The lowest BCUT2D eigenvalue weighted by Gasteiger charge is -2.35. The van der Waals surface area contributed by atoms with Crippen molar-refractivity contribution in [3.63, 3.8) is 0 Å². The summed E-state index contributed by atoms with van der Waals surface area (Å²) in [6, 6.07) is 10.3. The number of likely N-dealkylation sites (N-methyl/N-ethyl adjacent to an activating group) is 1. The molecule has 2 aromatic carbocycles. The first-order valence-electron chi connectivity index (χ1n) is 16.4. The number of hydrogen-bond donors (Lipinski definition) is 2. The van der Waals surface area contributed by atoms with Gasteiger partial charge in [0.2, 0.25) is 10.0 Å². The fourth-order valence-corrected chi connectivity index (χ4v) is 8.25. The van der Waals surface area contributed by atoms with Crippen molar-refractivity contribution in [2.45, 2.75) is 88.8 Å². The van der Waals surface area contributed by atoms with E-state index in [2.05, 4.69) is 9.88 Å². The SMILES string of the molecule is Cc1ccc(S(=O)(=O)Nc2ccc3c(c2)C(=O)N([C@@H](C)CO)C[C@@H](C)[C@H](CN(C)S(=O)(=O)c2c(C)noc2C)OCCCC[C@H](C)O3)cc1. The zero-order valence-corrected chi connectivity index (χ0v) is 30.8. The van der Waals surface area contributed by atoms with Crippen LogP contribution in [0.4, 0.5) is 5.69 Å². The lowest BCUT2D eigenvalue weighted by Crippen LogP contribution is -2.48. The number of amides is 1. The monoisotopic (exact) mass is 720 g/mol. The van der Waals surface area contributed by atoms with Crippen LogP contribution in [-0.4, -0.2) is 93.8 Å². The van der Waals surface area contributed by atoms with Crippen LogP contribution < -0.4 is 9.46 Å². The highest BCUT2D eigenvalue weighted by Crippen LogP contribution is 2.30. The Balaban J connectivity index is 1.69. The van der Waals surface area contributed by atoms with Crippen molar-refractivity contribution in [2.24, 2.45) is 5.92 Å². The molecule has 0 bridgehead atoms. The first-order chi connectivity index (χ1) is 23.0. The van der Waals surface area contributed by atoms with Gasteiger partial charge in [-0.05, 0) is 84.2 Å². The first kappa shape index (κ1) is 38.3. The fourth-order valence-electron chi connectivity index (χ4n) is 5.73. The van der Waals surface area contributed by atoms with Crippen LogP contribution in [-0.2, 0) is 24.8 Å². The average Bonchev–Trinajstić information content (AvgIpc) is 3.40. The largest absolute Gasteiger partial charge is 0.490 e. The lowest BCUT2D eigenvalue weighted by atomic mass is 10.0. The Labute approximate surface area is 289 Å². The molecule has 2 N–H and O–H groups in total. The Bertz CT molecular complexity index is 1790. The molecule has 270 valence electrons. The number of nitrogens with zero attached hydrogens (tertiary/aromatic N) is 3. The van der Waals surface area contributed by atoms with Crippen LogP contribution in [0.25, 0.3) is 0 Å². The predicted octanol–water partition coefficient (Wildman–Crippen LogP) is 4.52. The second-order valence-electron chi connectivity index (χ2n) is 12.9. The van der Waals surface area contributed by atoms with Crippen molar-refractivity contribution in [2.75, 3.05) is 38.1 Å². The van der Waals surface area contributed by atoms with Crippen molar-refractivity contribution in [1.29, 1.82) is 0 Å². The molecule has 0 saturated carbocycles. The van der Waals surface area contributed by atoms with E-state index >= 15 is 0 Å². The van der Waals surface area contributed by atoms with Gasteiger partial charge in [0.05, 0.1) is 35.3 Å². The molecular weight excluding hydrogens is 673 g/mol. The van der Waals surface area contributed by atoms with Gasteiger partial charge < -0.3 is 24.0 Å². The third kappa shape index (κ3) is 9.19. The minimum absolute atomic E-state index is 0.00801. The molecule has 0 spiro atoms. The second kappa shape index (κ2) is 16.0. The van der Waals surface area contributed by atoms with Gasteiger partial charge in [0, 0.05) is 38.3 Å². The Morgan fingerprint density at radius 1 is 1.06 bits per heavy atom. The van der Waals surface area contributed by atoms with E-state index in [0.717, 1.165) is 12.0 Å². The number of aliphatic hydroxyl groups excluding tert-OH is 1. The topological polar surface area (TPSA) is 169 Å². The van der Waals surface area contributed by atoms with E-state index in [4.69, 9.17) is 14.0 Å². The van der Waals surface area contributed by atoms with Gasteiger partial charge in [-0.25, -0.2) is 16.8 Å². The van der Waals surface area contributed by atoms with E-state index < -0.39 is 44.0 Å². The smallest absolute Gasteiger partial charge is 0.261 e. The molecule has 1 aromatic heterocycles. The number of ether oxygens (including phenoxy) is 2. The maximum Gasteiger partial charge on any atom is 0.261 e. The third-order valence-corrected chi connectivity index (χ3v) is 12.2. The maximum atomic E-state index is 14.4. The number of benzene rings is 2. The molecule has 0 saturated heterocycles. The number of carbonyl (C=O) groups is 1. The van der Waals surface area contributed by atoms with E-state index in [1.807, 2.05) is 20.8 Å². The first-order valence-corrected chi connectivity index (χ1v) is 19.3. The summed E-state index contributed by atoms with van der Waals surface area (Å²) in [7, 11) is -6.47. The summed E-state index contributed by atoms with van der Waals surface area (Å²) in [5.41, 5.74) is 1.46. The molecular formula is C34H48N4O9S2. The number of aliphatic hydroxyl groups is 1. The van der Waals surface area contributed by atoms with Crippen LogP contribution in [0, 0.1) is 26.7 Å². The zero-order valence-electron chi connectivity index (χ0n) is 29.2. The van der Waals surface area contributed by atoms with Crippen molar-refractivity contribution >= 4 is 31.6 Å². The van der Waals surface area contributed by atoms with Gasteiger partial charge in [-0.3, -0.25) is 9.52 Å². The predicted molar refractivity (Wildman–Crippen MR) is 185 cm³/mol. The molecule has 13 nitrogen and oxygen atoms in total. The average molecular weight is 721 g/mol. The van der Waals surface area contributed by atoms with Gasteiger partial charge in [-0.15, -0.1) is 0 Å². The number of carbonyl (C=O) groups excluding carboxylic acids is 1. The highest BCUT2D eigenvalue weighted by atomic mass is 32.2. The minimum Gasteiger partial charge on any atom is -0.490 e. The van der Waals surface area contributed by atoms with Crippen LogP contribution in [0.2, 0.25) is 0 Å². The maximum absolute atomic E-state index is 14.4. The van der Waals surface area contributed by atoms with E-state index in [9.17, 15) is 26.7 Å². The van der Waals surface area contributed by atoms with Gasteiger partial charge in [0.1, 0.15) is 16.3 Å². The Morgan fingerprint density at radius 3 is 2.39 bits per heavy atom. The van der Waals surface area contributed by atoms with E-state index in [1.165, 1.54) is 34.5 Å². The number of fused-ring (bicyclic) bond motifs is 1. The molecule has 4 atom stereocenters. The molecule has 0 aliphatic carbocycles. The van der Waals surface area contributed by atoms with Gasteiger partial charge in [0.25, 0.3) is 15.9 Å². The van der Waals surface area contributed by atoms with E-state index in [1.54, 1.807) is 45.0 Å². The summed E-state index contributed by atoms with van der Waals surface area (Å²) in [5, 5.41) is 14.0. The summed E-state index contributed by atoms with van der Waals surface area (Å²) in [5.74, 6) is -0.406. The summed E-state index contributed by atoms with van der Waals surface area (Å²) < 4.78 is 75.0. The van der Waals surface area contributed by atoms with E-state index in [-0.39, 0.29) is 64.0 Å². The van der Waals surface area contributed by atoms with Crippen molar-refractivity contribution in [3.8, 4) is 5.75 Å². The van der Waals surface area contributed by atoms with Gasteiger partial charge in [-0.1, -0.05) is 29.8 Å². The number of nitrogens with one attached hydrogen (secondary N) is 1. The summed E-state index contributed by atoms with van der Waals surface area (Å²) in [6.07, 6.45) is 1.19. The van der Waals surface area contributed by atoms with E-state index in [0.29, 0.717) is 19.4 Å². The van der Waals surface area contributed by atoms with Crippen molar-refractivity contribution < 1.29 is 40.7 Å². The van der Waals surface area contributed by atoms with Crippen molar-refractivity contribution in [3.05, 3.63) is 65.0 Å². The van der Waals surface area contributed by atoms with Crippen molar-refractivity contribution in [1.82, 2.24) is 14.4 Å². The minimum atomic E-state index is -3.97. The molecule has 1 aliphatic heterocycles. The number of rotatable bonds is 9. The second-order valence-corrected chi connectivity index (χ2v) is 16.5. The Morgan fingerprint density at radius 2 is 1.76 bits per heavy atom. The molecule has 3 aromatic rings. The summed E-state index contributed by atoms with van der Waals surface area (Å²) in [4.78, 5) is 16.0. The zero-order chi connectivity index (χ0) is 36.1. The molecule has 0 fully saturated rings. The molecule has 49 heavy (non-hydrogen) atoms. The Hall–Kier alpha value is -3.50. The van der Waals surface area contributed by atoms with Crippen LogP contribution in [0.3, 0.4) is 0 Å². The lowest BCUT2D eigenvalue weighted by molar-refractivity contribution is -0.00835. The Kier molecular flexibility index (Phi) is 12.5. The quantitative estimate of drug-likeness (QED) is 0.321.